The molecule has 2 amide bonds. The SMILES string of the molecule is CCN(C(=O)NCc1cnccc1OC)C(C)Cc1ccsc1. The predicted octanol–water partition coefficient (Wildman–Crippen LogP) is 3.31. The van der Waals surface area contributed by atoms with Gasteiger partial charge in [0.05, 0.1) is 7.11 Å². The van der Waals surface area contributed by atoms with Gasteiger partial charge >= 0.3 is 6.03 Å². The zero-order chi connectivity index (χ0) is 16.7. The molecule has 2 aromatic heterocycles. The molecule has 0 fully saturated rings. The molecule has 0 bridgehead atoms. The third kappa shape index (κ3) is 4.69. The number of carbonyl (C=O) groups is 1. The van der Waals surface area contributed by atoms with E-state index < -0.39 is 0 Å². The van der Waals surface area contributed by atoms with Crippen LogP contribution in [0.2, 0.25) is 0 Å². The average Bonchev–Trinajstić information content (AvgIpc) is 3.06. The summed E-state index contributed by atoms with van der Waals surface area (Å²) in [6.07, 6.45) is 4.25. The Labute approximate surface area is 141 Å². The maximum absolute atomic E-state index is 12.5. The maximum atomic E-state index is 12.5. The number of hydrogen-bond acceptors (Lipinski definition) is 4. The van der Waals surface area contributed by atoms with Crippen molar-refractivity contribution in [3.05, 3.63) is 46.4 Å². The van der Waals surface area contributed by atoms with Crippen LogP contribution in [0.4, 0.5) is 4.79 Å². The molecule has 2 heterocycles. The number of rotatable bonds is 7. The van der Waals surface area contributed by atoms with E-state index in [9.17, 15) is 4.79 Å². The lowest BCUT2D eigenvalue weighted by atomic mass is 10.1. The summed E-state index contributed by atoms with van der Waals surface area (Å²) in [6.45, 7) is 5.14. The Kier molecular flexibility index (Phi) is 6.40. The summed E-state index contributed by atoms with van der Waals surface area (Å²) >= 11 is 1.68. The van der Waals surface area contributed by atoms with Gasteiger partial charge in [0.25, 0.3) is 0 Å². The van der Waals surface area contributed by atoms with Gasteiger partial charge in [-0.1, -0.05) is 0 Å². The molecule has 5 nitrogen and oxygen atoms in total. The van der Waals surface area contributed by atoms with Crippen LogP contribution in [0.3, 0.4) is 0 Å². The molecule has 1 atom stereocenters. The van der Waals surface area contributed by atoms with E-state index in [2.05, 4.69) is 34.1 Å². The van der Waals surface area contributed by atoms with E-state index in [0.29, 0.717) is 13.1 Å². The van der Waals surface area contributed by atoms with Crippen molar-refractivity contribution in [2.75, 3.05) is 13.7 Å². The standard InChI is InChI=1S/C17H23N3O2S/c1-4-20(13(2)9-14-6-8-23-12-14)17(21)19-11-15-10-18-7-5-16(15)22-3/h5-8,10,12-13H,4,9,11H2,1-3H3,(H,19,21). The molecule has 0 aliphatic carbocycles. The molecule has 6 heteroatoms. The molecule has 0 aromatic carbocycles. The van der Waals surface area contributed by atoms with E-state index in [-0.39, 0.29) is 12.1 Å². The first-order chi connectivity index (χ1) is 11.2. The van der Waals surface area contributed by atoms with Crippen molar-refractivity contribution in [1.29, 1.82) is 0 Å². The van der Waals surface area contributed by atoms with Gasteiger partial charge < -0.3 is 15.0 Å². The quantitative estimate of drug-likeness (QED) is 0.846. The number of pyridine rings is 1. The average molecular weight is 333 g/mol. The van der Waals surface area contributed by atoms with Gasteiger partial charge in [-0.15, -0.1) is 0 Å². The fourth-order valence-corrected chi connectivity index (χ4v) is 3.22. The van der Waals surface area contributed by atoms with Crippen LogP contribution >= 0.6 is 11.3 Å². The number of urea groups is 1. The molecule has 0 saturated carbocycles. The number of thiophene rings is 1. The number of nitrogens with one attached hydrogen (secondary N) is 1. The Bertz CT molecular complexity index is 616. The number of methoxy groups -OCH3 is 1. The highest BCUT2D eigenvalue weighted by Crippen LogP contribution is 2.16. The number of aromatic nitrogens is 1. The minimum Gasteiger partial charge on any atom is -0.496 e. The van der Waals surface area contributed by atoms with Gasteiger partial charge in [0.2, 0.25) is 0 Å². The molecule has 2 rings (SSSR count). The first-order valence-corrected chi connectivity index (χ1v) is 8.62. The molecule has 0 radical (unpaired) electrons. The van der Waals surface area contributed by atoms with Gasteiger partial charge in [-0.3, -0.25) is 4.98 Å². The monoisotopic (exact) mass is 333 g/mol. The Morgan fingerprint density at radius 2 is 2.30 bits per heavy atom. The highest BCUT2D eigenvalue weighted by Gasteiger charge is 2.19. The van der Waals surface area contributed by atoms with Crippen LogP contribution in [-0.4, -0.2) is 35.6 Å². The molecule has 124 valence electrons. The molecule has 1 unspecified atom stereocenters. The smallest absolute Gasteiger partial charge is 0.317 e. The van der Waals surface area contributed by atoms with Crippen LogP contribution in [0.5, 0.6) is 5.75 Å². The van der Waals surface area contributed by atoms with E-state index in [0.717, 1.165) is 17.7 Å². The lowest BCUT2D eigenvalue weighted by molar-refractivity contribution is 0.181. The van der Waals surface area contributed by atoms with Crippen molar-refractivity contribution in [3.8, 4) is 5.75 Å². The van der Waals surface area contributed by atoms with E-state index >= 15 is 0 Å². The second-order valence-corrected chi connectivity index (χ2v) is 6.10. The zero-order valence-corrected chi connectivity index (χ0v) is 14.6. The fourth-order valence-electron chi connectivity index (χ4n) is 2.53. The molecule has 23 heavy (non-hydrogen) atoms. The number of likely N-dealkylation sites (N-methyl/N-ethyl adjacent to an activating group) is 1. The van der Waals surface area contributed by atoms with Crippen molar-refractivity contribution in [2.24, 2.45) is 0 Å². The van der Waals surface area contributed by atoms with Crippen molar-refractivity contribution >= 4 is 17.4 Å². The van der Waals surface area contributed by atoms with Crippen LogP contribution in [-0.2, 0) is 13.0 Å². The minimum absolute atomic E-state index is 0.0684. The summed E-state index contributed by atoms with van der Waals surface area (Å²) in [4.78, 5) is 18.4. The molecule has 0 saturated heterocycles. The highest BCUT2D eigenvalue weighted by molar-refractivity contribution is 7.07. The van der Waals surface area contributed by atoms with E-state index in [1.807, 2.05) is 11.8 Å². The van der Waals surface area contributed by atoms with Crippen LogP contribution in [0.25, 0.3) is 0 Å². The van der Waals surface area contributed by atoms with Gasteiger partial charge in [0, 0.05) is 37.1 Å². The molecular formula is C17H23N3O2S. The molecule has 2 aromatic rings. The Morgan fingerprint density at radius 1 is 1.48 bits per heavy atom. The summed E-state index contributed by atoms with van der Waals surface area (Å²) in [5.74, 6) is 0.731. The van der Waals surface area contributed by atoms with Crippen LogP contribution in [0.15, 0.2) is 35.3 Å². The summed E-state index contributed by atoms with van der Waals surface area (Å²) in [7, 11) is 1.61. The van der Waals surface area contributed by atoms with E-state index in [4.69, 9.17) is 4.74 Å². The Balaban J connectivity index is 1.94. The van der Waals surface area contributed by atoms with Gasteiger partial charge in [0.1, 0.15) is 5.75 Å². The second-order valence-electron chi connectivity index (χ2n) is 5.32. The summed E-state index contributed by atoms with van der Waals surface area (Å²) in [5.41, 5.74) is 2.13. The topological polar surface area (TPSA) is 54.5 Å². The van der Waals surface area contributed by atoms with Crippen LogP contribution < -0.4 is 10.1 Å². The number of carbonyl (C=O) groups excluding carboxylic acids is 1. The number of nitrogens with zero attached hydrogens (tertiary/aromatic N) is 2. The Hall–Kier alpha value is -2.08. The number of ether oxygens (including phenoxy) is 1. The molecule has 1 N–H and O–H groups in total. The van der Waals surface area contributed by atoms with Crippen LogP contribution in [0.1, 0.15) is 25.0 Å². The van der Waals surface area contributed by atoms with Gasteiger partial charge in [0.15, 0.2) is 0 Å². The maximum Gasteiger partial charge on any atom is 0.317 e. The first kappa shape index (κ1) is 17.3. The van der Waals surface area contributed by atoms with Gasteiger partial charge in [-0.25, -0.2) is 4.79 Å². The number of amides is 2. The van der Waals surface area contributed by atoms with E-state index in [1.165, 1.54) is 5.56 Å². The largest absolute Gasteiger partial charge is 0.496 e. The van der Waals surface area contributed by atoms with Crippen molar-refractivity contribution in [3.63, 3.8) is 0 Å². The summed E-state index contributed by atoms with van der Waals surface area (Å²) in [5, 5.41) is 7.15. The molecule has 0 spiro atoms. The molecule has 0 aliphatic rings. The zero-order valence-electron chi connectivity index (χ0n) is 13.8. The fraction of sp³-hybridized carbons (Fsp3) is 0.412. The van der Waals surface area contributed by atoms with Gasteiger partial charge in [-0.05, 0) is 48.7 Å². The molecule has 0 aliphatic heterocycles. The third-order valence-corrected chi connectivity index (χ3v) is 4.49. The summed E-state index contributed by atoms with van der Waals surface area (Å²) in [6, 6.07) is 3.97. The van der Waals surface area contributed by atoms with Crippen molar-refractivity contribution in [2.45, 2.75) is 32.9 Å². The minimum atomic E-state index is -0.0684. The normalized spacial score (nSPS) is 11.8. The lowest BCUT2D eigenvalue weighted by Gasteiger charge is -2.28. The Morgan fingerprint density at radius 3 is 2.96 bits per heavy atom. The number of hydrogen-bond donors (Lipinski definition) is 1. The van der Waals surface area contributed by atoms with Crippen molar-refractivity contribution < 1.29 is 9.53 Å². The first-order valence-electron chi connectivity index (χ1n) is 7.68. The van der Waals surface area contributed by atoms with Crippen LogP contribution in [0, 0.1) is 0 Å². The summed E-state index contributed by atoms with van der Waals surface area (Å²) < 4.78 is 5.28. The predicted molar refractivity (Wildman–Crippen MR) is 92.9 cm³/mol. The van der Waals surface area contributed by atoms with Gasteiger partial charge in [-0.2, -0.15) is 11.3 Å². The van der Waals surface area contributed by atoms with Crippen molar-refractivity contribution in [1.82, 2.24) is 15.2 Å². The third-order valence-electron chi connectivity index (χ3n) is 3.75. The molecular weight excluding hydrogens is 310 g/mol. The van der Waals surface area contributed by atoms with E-state index in [1.54, 1.807) is 36.9 Å². The highest BCUT2D eigenvalue weighted by atomic mass is 32.1. The second kappa shape index (κ2) is 8.53. The lowest BCUT2D eigenvalue weighted by Crippen LogP contribution is -2.45.